The number of hydrogen-bond donors (Lipinski definition) is 2. The molecule has 3 N–H and O–H groups in total. The summed E-state index contributed by atoms with van der Waals surface area (Å²) in [6.07, 6.45) is 0. The molecule has 0 aliphatic rings. The first-order valence-corrected chi connectivity index (χ1v) is 6.97. The lowest BCUT2D eigenvalue weighted by atomic mass is 10.1. The van der Waals surface area contributed by atoms with E-state index in [1.165, 1.54) is 0 Å². The first-order chi connectivity index (χ1) is 8.63. The van der Waals surface area contributed by atoms with Gasteiger partial charge in [-0.1, -0.05) is 42.5 Å². The molecule has 94 valence electrons. The molecule has 0 saturated carbocycles. The second-order valence-electron chi connectivity index (χ2n) is 3.74. The van der Waals surface area contributed by atoms with E-state index in [9.17, 15) is 8.42 Å². The van der Waals surface area contributed by atoms with Crippen LogP contribution >= 0.6 is 0 Å². The summed E-state index contributed by atoms with van der Waals surface area (Å²) < 4.78 is 25.6. The first-order valence-electron chi connectivity index (χ1n) is 5.49. The van der Waals surface area contributed by atoms with Crippen LogP contribution in [0.5, 0.6) is 0 Å². The van der Waals surface area contributed by atoms with Gasteiger partial charge in [-0.15, -0.1) is 0 Å². The summed E-state index contributed by atoms with van der Waals surface area (Å²) in [5, 5.41) is 0. The van der Waals surface area contributed by atoms with E-state index in [1.807, 2.05) is 30.3 Å². The summed E-state index contributed by atoms with van der Waals surface area (Å²) in [5.41, 5.74) is 7.21. The standard InChI is InChI=1S/C13H14N2O2S/c14-10-15-18(16,17)13-8-6-12(7-9-13)11-4-2-1-3-5-11/h1-9,15H,10,14H2. The third-order valence-electron chi connectivity index (χ3n) is 2.55. The van der Waals surface area contributed by atoms with E-state index in [1.54, 1.807) is 24.3 Å². The van der Waals surface area contributed by atoms with E-state index in [0.29, 0.717) is 0 Å². The van der Waals surface area contributed by atoms with Gasteiger partial charge in [0.25, 0.3) is 0 Å². The van der Waals surface area contributed by atoms with Crippen molar-refractivity contribution in [2.24, 2.45) is 5.73 Å². The first kappa shape index (κ1) is 12.8. The molecule has 0 radical (unpaired) electrons. The summed E-state index contributed by atoms with van der Waals surface area (Å²) >= 11 is 0. The van der Waals surface area contributed by atoms with Gasteiger partial charge in [-0.05, 0) is 23.3 Å². The molecule has 5 heteroatoms. The Morgan fingerprint density at radius 1 is 0.889 bits per heavy atom. The second-order valence-corrected chi connectivity index (χ2v) is 5.51. The van der Waals surface area contributed by atoms with Crippen LogP contribution in [-0.4, -0.2) is 15.1 Å². The molecule has 0 amide bonds. The van der Waals surface area contributed by atoms with Crippen molar-refractivity contribution in [2.45, 2.75) is 4.90 Å². The molecule has 0 heterocycles. The summed E-state index contributed by atoms with van der Waals surface area (Å²) in [7, 11) is -3.48. The van der Waals surface area contributed by atoms with Gasteiger partial charge in [0.05, 0.1) is 11.6 Å². The van der Waals surface area contributed by atoms with E-state index in [4.69, 9.17) is 5.73 Å². The minimum atomic E-state index is -3.48. The Bertz CT molecular complexity index is 607. The average molecular weight is 262 g/mol. The lowest BCUT2D eigenvalue weighted by molar-refractivity contribution is 0.583. The minimum absolute atomic E-state index is 0.108. The molecule has 2 aromatic carbocycles. The van der Waals surface area contributed by atoms with Crippen LogP contribution < -0.4 is 10.5 Å². The van der Waals surface area contributed by atoms with Crippen LogP contribution in [0.1, 0.15) is 0 Å². The molecular weight excluding hydrogens is 248 g/mol. The molecule has 4 nitrogen and oxygen atoms in total. The topological polar surface area (TPSA) is 72.2 Å². The highest BCUT2D eigenvalue weighted by molar-refractivity contribution is 7.89. The van der Waals surface area contributed by atoms with Crippen molar-refractivity contribution in [3.8, 4) is 11.1 Å². The Morgan fingerprint density at radius 3 is 2.00 bits per heavy atom. The van der Waals surface area contributed by atoms with Gasteiger partial charge >= 0.3 is 0 Å². The average Bonchev–Trinajstić information content (AvgIpc) is 2.40. The molecule has 0 unspecified atom stereocenters. The zero-order valence-electron chi connectivity index (χ0n) is 9.71. The van der Waals surface area contributed by atoms with Gasteiger partial charge in [0.1, 0.15) is 0 Å². The molecule has 0 spiro atoms. The predicted octanol–water partition coefficient (Wildman–Crippen LogP) is 1.55. The number of sulfonamides is 1. The molecule has 2 aromatic rings. The highest BCUT2D eigenvalue weighted by Gasteiger charge is 2.11. The van der Waals surface area contributed by atoms with Crippen molar-refractivity contribution in [3.63, 3.8) is 0 Å². The number of nitrogens with one attached hydrogen (secondary N) is 1. The van der Waals surface area contributed by atoms with Crippen LogP contribution in [0.2, 0.25) is 0 Å². The summed E-state index contributed by atoms with van der Waals surface area (Å²) in [6, 6.07) is 16.5. The predicted molar refractivity (Wildman–Crippen MR) is 71.3 cm³/mol. The molecule has 0 atom stereocenters. The number of hydrogen-bond acceptors (Lipinski definition) is 3. The fourth-order valence-corrected chi connectivity index (χ4v) is 2.53. The van der Waals surface area contributed by atoms with E-state index >= 15 is 0 Å². The highest BCUT2D eigenvalue weighted by Crippen LogP contribution is 2.20. The second kappa shape index (κ2) is 5.30. The third kappa shape index (κ3) is 2.76. The van der Waals surface area contributed by atoms with E-state index < -0.39 is 10.0 Å². The summed E-state index contributed by atoms with van der Waals surface area (Å²) in [4.78, 5) is 0.215. The Hall–Kier alpha value is -1.69. The van der Waals surface area contributed by atoms with E-state index in [2.05, 4.69) is 4.72 Å². The van der Waals surface area contributed by atoms with Crippen LogP contribution in [0.25, 0.3) is 11.1 Å². The highest BCUT2D eigenvalue weighted by atomic mass is 32.2. The maximum atomic E-state index is 11.7. The smallest absolute Gasteiger partial charge is 0.241 e. The van der Waals surface area contributed by atoms with Crippen LogP contribution in [0, 0.1) is 0 Å². The molecule has 0 saturated heterocycles. The molecule has 0 aliphatic carbocycles. The van der Waals surface area contributed by atoms with Crippen molar-refractivity contribution in [3.05, 3.63) is 54.6 Å². The van der Waals surface area contributed by atoms with Gasteiger partial charge in [0, 0.05) is 0 Å². The zero-order chi connectivity index (χ0) is 13.0. The Labute approximate surface area is 107 Å². The Morgan fingerprint density at radius 2 is 1.44 bits per heavy atom. The van der Waals surface area contributed by atoms with Crippen molar-refractivity contribution >= 4 is 10.0 Å². The maximum absolute atomic E-state index is 11.7. The number of nitrogens with two attached hydrogens (primary N) is 1. The lowest BCUT2D eigenvalue weighted by Crippen LogP contribution is -2.29. The van der Waals surface area contributed by atoms with Gasteiger partial charge in [-0.3, -0.25) is 0 Å². The van der Waals surface area contributed by atoms with Crippen molar-refractivity contribution in [1.82, 2.24) is 4.72 Å². The van der Waals surface area contributed by atoms with E-state index in [-0.39, 0.29) is 11.6 Å². The lowest BCUT2D eigenvalue weighted by Gasteiger charge is -2.06. The van der Waals surface area contributed by atoms with Gasteiger partial charge in [-0.2, -0.15) is 4.72 Å². The van der Waals surface area contributed by atoms with Crippen LogP contribution in [0.4, 0.5) is 0 Å². The molecule has 18 heavy (non-hydrogen) atoms. The normalized spacial score (nSPS) is 11.4. The van der Waals surface area contributed by atoms with Gasteiger partial charge in [0.2, 0.25) is 10.0 Å². The number of rotatable bonds is 4. The molecule has 0 fully saturated rings. The van der Waals surface area contributed by atoms with Crippen LogP contribution in [-0.2, 0) is 10.0 Å². The monoisotopic (exact) mass is 262 g/mol. The summed E-state index contributed by atoms with van der Waals surface area (Å²) in [6.45, 7) is -0.108. The van der Waals surface area contributed by atoms with Gasteiger partial charge < -0.3 is 5.73 Å². The molecule has 0 bridgehead atoms. The molecule has 2 rings (SSSR count). The molecule has 0 aliphatic heterocycles. The Balaban J connectivity index is 2.32. The van der Waals surface area contributed by atoms with Gasteiger partial charge in [0.15, 0.2) is 0 Å². The van der Waals surface area contributed by atoms with Crippen molar-refractivity contribution in [2.75, 3.05) is 6.67 Å². The minimum Gasteiger partial charge on any atom is -0.318 e. The largest absolute Gasteiger partial charge is 0.318 e. The van der Waals surface area contributed by atoms with Crippen molar-refractivity contribution < 1.29 is 8.42 Å². The number of benzene rings is 2. The van der Waals surface area contributed by atoms with E-state index in [0.717, 1.165) is 11.1 Å². The fourth-order valence-electron chi connectivity index (χ4n) is 1.65. The maximum Gasteiger partial charge on any atom is 0.241 e. The molecular formula is C13H14N2O2S. The molecule has 0 aromatic heterocycles. The van der Waals surface area contributed by atoms with Crippen molar-refractivity contribution in [1.29, 1.82) is 0 Å². The van der Waals surface area contributed by atoms with Crippen LogP contribution in [0.15, 0.2) is 59.5 Å². The van der Waals surface area contributed by atoms with Crippen LogP contribution in [0.3, 0.4) is 0 Å². The third-order valence-corrected chi connectivity index (χ3v) is 3.98. The zero-order valence-corrected chi connectivity index (χ0v) is 10.5. The quantitative estimate of drug-likeness (QED) is 0.821. The van der Waals surface area contributed by atoms with Gasteiger partial charge in [-0.25, -0.2) is 8.42 Å². The summed E-state index contributed by atoms with van der Waals surface area (Å²) in [5.74, 6) is 0. The SMILES string of the molecule is NCNS(=O)(=O)c1ccc(-c2ccccc2)cc1. The fraction of sp³-hybridized carbons (Fsp3) is 0.0769. The Kier molecular flexibility index (Phi) is 3.76.